The second-order valence-corrected chi connectivity index (χ2v) is 5.61. The monoisotopic (exact) mass is 322 g/mol. The molecule has 2 aromatic carbocycles. The molecule has 4 nitrogen and oxygen atoms in total. The molecule has 0 radical (unpaired) electrons. The summed E-state index contributed by atoms with van der Waals surface area (Å²) in [5.74, 6) is -0.0911. The normalized spacial score (nSPS) is 10.7. The van der Waals surface area contributed by atoms with Gasteiger partial charge < -0.3 is 9.15 Å². The van der Waals surface area contributed by atoms with Gasteiger partial charge in [0.15, 0.2) is 0 Å². The molecule has 0 aliphatic heterocycles. The minimum Gasteiger partial charge on any atom is -0.423 e. The van der Waals surface area contributed by atoms with E-state index in [0.717, 1.165) is 30.2 Å². The van der Waals surface area contributed by atoms with Crippen LogP contribution in [-0.2, 0) is 6.42 Å². The molecule has 0 fully saturated rings. The van der Waals surface area contributed by atoms with Crippen molar-refractivity contribution in [1.82, 2.24) is 0 Å². The lowest BCUT2D eigenvalue weighted by atomic mass is 10.0. The Morgan fingerprint density at radius 2 is 1.88 bits per heavy atom. The zero-order valence-corrected chi connectivity index (χ0v) is 13.5. The summed E-state index contributed by atoms with van der Waals surface area (Å²) < 4.78 is 10.6. The maximum Gasteiger partial charge on any atom is 0.343 e. The quantitative estimate of drug-likeness (QED) is 0.398. The molecule has 0 aliphatic rings. The van der Waals surface area contributed by atoms with E-state index in [4.69, 9.17) is 9.15 Å². The first kappa shape index (κ1) is 16.0. The van der Waals surface area contributed by atoms with Gasteiger partial charge in [-0.15, -0.1) is 0 Å². The van der Waals surface area contributed by atoms with Crippen LogP contribution in [0.1, 0.15) is 35.7 Å². The van der Waals surface area contributed by atoms with Crippen molar-refractivity contribution < 1.29 is 13.9 Å². The van der Waals surface area contributed by atoms with Crippen molar-refractivity contribution in [2.45, 2.75) is 26.2 Å². The number of rotatable bonds is 5. The molecule has 1 heterocycles. The van der Waals surface area contributed by atoms with Gasteiger partial charge in [-0.3, -0.25) is 0 Å². The predicted molar refractivity (Wildman–Crippen MR) is 92.5 cm³/mol. The van der Waals surface area contributed by atoms with E-state index in [-0.39, 0.29) is 5.63 Å². The average Bonchev–Trinajstić information content (AvgIpc) is 2.60. The molecule has 0 N–H and O–H groups in total. The number of esters is 1. The highest BCUT2D eigenvalue weighted by molar-refractivity contribution is 5.91. The van der Waals surface area contributed by atoms with Crippen LogP contribution in [0.2, 0.25) is 0 Å². The van der Waals surface area contributed by atoms with Gasteiger partial charge in [-0.2, -0.15) is 0 Å². The zero-order chi connectivity index (χ0) is 16.9. The molecule has 1 aromatic heterocycles. The largest absolute Gasteiger partial charge is 0.423 e. The molecule has 0 amide bonds. The summed E-state index contributed by atoms with van der Waals surface area (Å²) in [6, 6.07) is 15.4. The number of unbranched alkanes of at least 4 members (excludes halogenated alkanes) is 1. The summed E-state index contributed by atoms with van der Waals surface area (Å²) in [7, 11) is 0. The van der Waals surface area contributed by atoms with Crippen molar-refractivity contribution in [3.8, 4) is 5.75 Å². The molecule has 0 unspecified atom stereocenters. The number of carbonyl (C=O) groups excluding carboxylic acids is 1. The number of fused-ring (bicyclic) bond motifs is 1. The molecular formula is C20H18O4. The average molecular weight is 322 g/mol. The first-order chi connectivity index (χ1) is 11.7. The van der Waals surface area contributed by atoms with Crippen LogP contribution < -0.4 is 10.4 Å². The summed E-state index contributed by atoms with van der Waals surface area (Å²) in [4.78, 5) is 23.9. The van der Waals surface area contributed by atoms with Crippen LogP contribution in [0.15, 0.2) is 63.8 Å². The molecule has 3 aromatic rings. The molecular weight excluding hydrogens is 304 g/mol. The Kier molecular flexibility index (Phi) is 4.75. The number of ether oxygens (including phenoxy) is 1. The lowest BCUT2D eigenvalue weighted by molar-refractivity contribution is 0.0735. The fourth-order valence-corrected chi connectivity index (χ4v) is 2.59. The Morgan fingerprint density at radius 3 is 2.62 bits per heavy atom. The van der Waals surface area contributed by atoms with Crippen molar-refractivity contribution in [3.05, 3.63) is 76.1 Å². The van der Waals surface area contributed by atoms with Crippen LogP contribution in [0.4, 0.5) is 0 Å². The van der Waals surface area contributed by atoms with Crippen LogP contribution in [0.5, 0.6) is 5.75 Å². The lowest BCUT2D eigenvalue weighted by Gasteiger charge is -2.08. The molecule has 122 valence electrons. The number of hydrogen-bond acceptors (Lipinski definition) is 4. The van der Waals surface area contributed by atoms with Crippen molar-refractivity contribution >= 4 is 16.9 Å². The summed E-state index contributed by atoms with van der Waals surface area (Å²) in [5, 5.41) is 0.877. The Balaban J connectivity index is 1.91. The van der Waals surface area contributed by atoms with Crippen LogP contribution in [-0.4, -0.2) is 5.97 Å². The van der Waals surface area contributed by atoms with Crippen LogP contribution >= 0.6 is 0 Å². The maximum atomic E-state index is 12.1. The molecule has 0 saturated carbocycles. The van der Waals surface area contributed by atoms with E-state index in [9.17, 15) is 9.59 Å². The van der Waals surface area contributed by atoms with Crippen molar-refractivity contribution in [2.75, 3.05) is 0 Å². The van der Waals surface area contributed by atoms with Crippen LogP contribution in [0, 0.1) is 0 Å². The summed E-state index contributed by atoms with van der Waals surface area (Å²) in [6.45, 7) is 2.11. The molecule has 0 atom stereocenters. The molecule has 24 heavy (non-hydrogen) atoms. The van der Waals surface area contributed by atoms with Gasteiger partial charge in [0, 0.05) is 17.5 Å². The Morgan fingerprint density at radius 1 is 1.08 bits per heavy atom. The number of benzene rings is 2. The van der Waals surface area contributed by atoms with E-state index >= 15 is 0 Å². The molecule has 0 bridgehead atoms. The van der Waals surface area contributed by atoms with Crippen LogP contribution in [0.25, 0.3) is 11.0 Å². The standard InChI is InChI=1S/C20H18O4/c1-2-3-7-15-12-19(21)24-18-13-16(10-11-17(15)18)23-20(22)14-8-5-4-6-9-14/h4-6,8-13H,2-3,7H2,1H3. The van der Waals surface area contributed by atoms with Gasteiger partial charge in [0.1, 0.15) is 11.3 Å². The van der Waals surface area contributed by atoms with Gasteiger partial charge in [-0.1, -0.05) is 31.5 Å². The van der Waals surface area contributed by atoms with Crippen molar-refractivity contribution in [3.63, 3.8) is 0 Å². The second kappa shape index (κ2) is 7.13. The van der Waals surface area contributed by atoms with Gasteiger partial charge in [0.05, 0.1) is 5.56 Å². The molecule has 4 heteroatoms. The zero-order valence-electron chi connectivity index (χ0n) is 13.5. The van der Waals surface area contributed by atoms with E-state index in [1.54, 1.807) is 36.4 Å². The highest BCUT2D eigenvalue weighted by Crippen LogP contribution is 2.24. The number of aryl methyl sites for hydroxylation is 1. The van der Waals surface area contributed by atoms with E-state index in [0.29, 0.717) is 16.9 Å². The van der Waals surface area contributed by atoms with Gasteiger partial charge in [-0.25, -0.2) is 9.59 Å². The summed E-state index contributed by atoms with van der Waals surface area (Å²) >= 11 is 0. The summed E-state index contributed by atoms with van der Waals surface area (Å²) in [6.07, 6.45) is 2.87. The Hall–Kier alpha value is -2.88. The highest BCUT2D eigenvalue weighted by Gasteiger charge is 2.11. The molecule has 0 spiro atoms. The molecule has 0 saturated heterocycles. The third-order valence-corrected chi connectivity index (χ3v) is 3.82. The van der Waals surface area contributed by atoms with E-state index in [1.165, 1.54) is 6.07 Å². The van der Waals surface area contributed by atoms with Crippen LogP contribution in [0.3, 0.4) is 0 Å². The van der Waals surface area contributed by atoms with Gasteiger partial charge >= 0.3 is 11.6 Å². The van der Waals surface area contributed by atoms with E-state index in [1.807, 2.05) is 12.1 Å². The maximum absolute atomic E-state index is 12.1. The first-order valence-corrected chi connectivity index (χ1v) is 8.01. The second-order valence-electron chi connectivity index (χ2n) is 5.61. The van der Waals surface area contributed by atoms with Crippen molar-refractivity contribution in [1.29, 1.82) is 0 Å². The third kappa shape index (κ3) is 3.54. The fraction of sp³-hybridized carbons (Fsp3) is 0.200. The topological polar surface area (TPSA) is 56.5 Å². The van der Waals surface area contributed by atoms with E-state index < -0.39 is 5.97 Å². The third-order valence-electron chi connectivity index (χ3n) is 3.82. The minimum atomic E-state index is -0.445. The van der Waals surface area contributed by atoms with E-state index in [2.05, 4.69) is 6.92 Å². The van der Waals surface area contributed by atoms with Crippen molar-refractivity contribution in [2.24, 2.45) is 0 Å². The lowest BCUT2D eigenvalue weighted by Crippen LogP contribution is -2.08. The molecule has 0 aliphatic carbocycles. The van der Waals surface area contributed by atoms with Gasteiger partial charge in [-0.05, 0) is 42.7 Å². The minimum absolute atomic E-state index is 0.354. The SMILES string of the molecule is CCCCc1cc(=O)oc2cc(OC(=O)c3ccccc3)ccc12. The smallest absolute Gasteiger partial charge is 0.343 e. The number of hydrogen-bond donors (Lipinski definition) is 0. The Bertz CT molecular complexity index is 910. The summed E-state index contributed by atoms with van der Waals surface area (Å²) in [5.41, 5.74) is 1.48. The number of carbonyl (C=O) groups is 1. The molecule has 3 rings (SSSR count). The highest BCUT2D eigenvalue weighted by atomic mass is 16.5. The fourth-order valence-electron chi connectivity index (χ4n) is 2.59. The first-order valence-electron chi connectivity index (χ1n) is 8.01. The predicted octanol–water partition coefficient (Wildman–Crippen LogP) is 4.35. The Labute approximate surface area is 139 Å². The van der Waals surface area contributed by atoms with Gasteiger partial charge in [0.2, 0.25) is 0 Å². The van der Waals surface area contributed by atoms with Gasteiger partial charge in [0.25, 0.3) is 0 Å².